The van der Waals surface area contributed by atoms with E-state index in [0.717, 1.165) is 0 Å². The van der Waals surface area contributed by atoms with E-state index in [9.17, 15) is 19.7 Å². The van der Waals surface area contributed by atoms with Crippen LogP contribution in [0.4, 0.5) is 4.39 Å². The first-order valence-electron chi connectivity index (χ1n) is 4.53. The highest BCUT2D eigenvalue weighted by atomic mass is 19.1. The SMILES string of the molecule is O[C@H]1[C@H](O)C2[C@@H](O)CCN2C[C@@H]1F. The predicted octanol–water partition coefficient (Wildman–Crippen LogP) is -1.50. The molecule has 2 fully saturated rings. The summed E-state index contributed by atoms with van der Waals surface area (Å²) in [7, 11) is 0. The lowest BCUT2D eigenvalue weighted by Gasteiger charge is -2.39. The Kier molecular flexibility index (Phi) is 2.27. The van der Waals surface area contributed by atoms with E-state index in [4.69, 9.17) is 0 Å². The van der Waals surface area contributed by atoms with Crippen LogP contribution in [0.1, 0.15) is 6.42 Å². The average molecular weight is 191 g/mol. The van der Waals surface area contributed by atoms with Crippen LogP contribution in [0.25, 0.3) is 0 Å². The van der Waals surface area contributed by atoms with Crippen LogP contribution in [0.5, 0.6) is 0 Å². The van der Waals surface area contributed by atoms with Crippen molar-refractivity contribution in [2.24, 2.45) is 0 Å². The van der Waals surface area contributed by atoms with Crippen LogP contribution in [0.15, 0.2) is 0 Å². The molecule has 0 aromatic rings. The summed E-state index contributed by atoms with van der Waals surface area (Å²) in [5.74, 6) is 0. The third kappa shape index (κ3) is 1.36. The molecule has 76 valence electrons. The highest BCUT2D eigenvalue weighted by molar-refractivity contribution is 5.01. The molecule has 0 bridgehead atoms. The number of piperidine rings is 1. The van der Waals surface area contributed by atoms with E-state index in [2.05, 4.69) is 0 Å². The molecule has 1 unspecified atom stereocenters. The van der Waals surface area contributed by atoms with Gasteiger partial charge in [0.2, 0.25) is 0 Å². The molecule has 0 aromatic heterocycles. The standard InChI is InChI=1S/C8H14FNO3/c9-4-3-10-2-1-5(11)6(10)8(13)7(4)12/h4-8,11-13H,1-3H2/t4-,5-,6?,7+,8+/m0/s1. The fourth-order valence-corrected chi connectivity index (χ4v) is 2.27. The average Bonchev–Trinajstić information content (AvgIpc) is 2.43. The predicted molar refractivity (Wildman–Crippen MR) is 42.9 cm³/mol. The summed E-state index contributed by atoms with van der Waals surface area (Å²) in [6.07, 6.45) is -4.02. The second-order valence-electron chi connectivity index (χ2n) is 3.84. The molecule has 5 heteroatoms. The van der Waals surface area contributed by atoms with Crippen LogP contribution in [-0.2, 0) is 0 Å². The zero-order valence-electron chi connectivity index (χ0n) is 7.17. The Morgan fingerprint density at radius 2 is 1.85 bits per heavy atom. The first kappa shape index (κ1) is 9.33. The minimum absolute atomic E-state index is 0.111. The number of aliphatic hydroxyl groups excluding tert-OH is 3. The van der Waals surface area contributed by atoms with Crippen LogP contribution in [-0.4, -0.2) is 63.8 Å². The molecule has 0 saturated carbocycles. The molecule has 2 heterocycles. The molecule has 0 spiro atoms. The van der Waals surface area contributed by atoms with Crippen LogP contribution >= 0.6 is 0 Å². The molecule has 2 rings (SSSR count). The third-order valence-electron chi connectivity index (χ3n) is 3.01. The summed E-state index contributed by atoms with van der Waals surface area (Å²) in [6, 6.07) is -0.484. The highest BCUT2D eigenvalue weighted by Gasteiger charge is 2.48. The minimum atomic E-state index is -1.41. The van der Waals surface area contributed by atoms with Crippen LogP contribution in [0, 0.1) is 0 Å². The van der Waals surface area contributed by atoms with E-state index >= 15 is 0 Å². The van der Waals surface area contributed by atoms with Crippen molar-refractivity contribution >= 4 is 0 Å². The molecule has 0 amide bonds. The zero-order chi connectivity index (χ0) is 9.59. The maximum Gasteiger partial charge on any atom is 0.141 e. The van der Waals surface area contributed by atoms with E-state index in [1.54, 1.807) is 4.90 Å². The van der Waals surface area contributed by atoms with Crippen molar-refractivity contribution in [3.05, 3.63) is 0 Å². The highest BCUT2D eigenvalue weighted by Crippen LogP contribution is 2.29. The molecular formula is C8H14FNO3. The number of hydrogen-bond donors (Lipinski definition) is 3. The van der Waals surface area contributed by atoms with Gasteiger partial charge in [0.25, 0.3) is 0 Å². The van der Waals surface area contributed by atoms with Crippen molar-refractivity contribution in [1.29, 1.82) is 0 Å². The van der Waals surface area contributed by atoms with Crippen molar-refractivity contribution in [3.63, 3.8) is 0 Å². The first-order valence-corrected chi connectivity index (χ1v) is 4.53. The van der Waals surface area contributed by atoms with Gasteiger partial charge in [-0.15, -0.1) is 0 Å². The van der Waals surface area contributed by atoms with Gasteiger partial charge in [-0.1, -0.05) is 0 Å². The number of alkyl halides is 1. The molecule has 2 aliphatic rings. The van der Waals surface area contributed by atoms with Gasteiger partial charge in [0.15, 0.2) is 0 Å². The van der Waals surface area contributed by atoms with Gasteiger partial charge in [-0.2, -0.15) is 0 Å². The summed E-state index contributed by atoms with van der Waals surface area (Å²) in [6.45, 7) is 0.704. The van der Waals surface area contributed by atoms with Gasteiger partial charge in [0.1, 0.15) is 18.4 Å². The van der Waals surface area contributed by atoms with Gasteiger partial charge < -0.3 is 15.3 Å². The Bertz CT molecular complexity index is 204. The topological polar surface area (TPSA) is 63.9 Å². The lowest BCUT2D eigenvalue weighted by Crippen LogP contribution is -2.60. The van der Waals surface area contributed by atoms with Gasteiger partial charge in [-0.05, 0) is 6.42 Å². The van der Waals surface area contributed by atoms with E-state index < -0.39 is 30.5 Å². The lowest BCUT2D eigenvalue weighted by atomic mass is 9.94. The fourth-order valence-electron chi connectivity index (χ4n) is 2.27. The van der Waals surface area contributed by atoms with Gasteiger partial charge in [-0.25, -0.2) is 4.39 Å². The molecule has 5 atom stereocenters. The summed E-state index contributed by atoms with van der Waals surface area (Å²) < 4.78 is 13.1. The lowest BCUT2D eigenvalue weighted by molar-refractivity contribution is -0.120. The van der Waals surface area contributed by atoms with Gasteiger partial charge in [0, 0.05) is 13.1 Å². The Labute approximate surface area is 75.6 Å². The number of halogens is 1. The Hall–Kier alpha value is -0.230. The Balaban J connectivity index is 2.15. The number of aliphatic hydroxyl groups is 3. The quantitative estimate of drug-likeness (QED) is 0.436. The maximum atomic E-state index is 13.1. The van der Waals surface area contributed by atoms with Crippen LogP contribution in [0.2, 0.25) is 0 Å². The van der Waals surface area contributed by atoms with Crippen molar-refractivity contribution in [2.45, 2.75) is 36.9 Å². The van der Waals surface area contributed by atoms with Crippen molar-refractivity contribution in [2.75, 3.05) is 13.1 Å². The Morgan fingerprint density at radius 1 is 1.15 bits per heavy atom. The first-order chi connectivity index (χ1) is 6.11. The number of nitrogens with zero attached hydrogens (tertiary/aromatic N) is 1. The minimum Gasteiger partial charge on any atom is -0.391 e. The molecule has 4 nitrogen and oxygen atoms in total. The van der Waals surface area contributed by atoms with Crippen molar-refractivity contribution < 1.29 is 19.7 Å². The smallest absolute Gasteiger partial charge is 0.141 e. The van der Waals surface area contributed by atoms with Crippen LogP contribution in [0.3, 0.4) is 0 Å². The second kappa shape index (κ2) is 3.16. The summed E-state index contributed by atoms with van der Waals surface area (Å²) >= 11 is 0. The van der Waals surface area contributed by atoms with E-state index in [1.165, 1.54) is 0 Å². The van der Waals surface area contributed by atoms with Crippen molar-refractivity contribution in [1.82, 2.24) is 4.90 Å². The molecule has 0 aromatic carbocycles. The molecule has 13 heavy (non-hydrogen) atoms. The van der Waals surface area contributed by atoms with Gasteiger partial charge in [0.05, 0.1) is 12.1 Å². The summed E-state index contributed by atoms with van der Waals surface area (Å²) in [5.41, 5.74) is 0. The van der Waals surface area contributed by atoms with E-state index in [1.807, 2.05) is 0 Å². The number of hydrogen-bond acceptors (Lipinski definition) is 4. The van der Waals surface area contributed by atoms with E-state index in [0.29, 0.717) is 13.0 Å². The second-order valence-corrected chi connectivity index (χ2v) is 3.84. The Morgan fingerprint density at radius 3 is 2.54 bits per heavy atom. The third-order valence-corrected chi connectivity index (χ3v) is 3.01. The maximum absolute atomic E-state index is 13.1. The molecule has 0 aliphatic carbocycles. The summed E-state index contributed by atoms with van der Waals surface area (Å²) in [5, 5.41) is 28.2. The normalized spacial score (nSPS) is 52.2. The fraction of sp³-hybridized carbons (Fsp3) is 1.00. The molecule has 3 N–H and O–H groups in total. The molecular weight excluding hydrogens is 177 g/mol. The van der Waals surface area contributed by atoms with E-state index in [-0.39, 0.29) is 6.54 Å². The summed E-state index contributed by atoms with van der Waals surface area (Å²) in [4.78, 5) is 1.70. The molecule has 2 aliphatic heterocycles. The van der Waals surface area contributed by atoms with Gasteiger partial charge in [-0.3, -0.25) is 4.90 Å². The molecule has 0 radical (unpaired) electrons. The largest absolute Gasteiger partial charge is 0.391 e. The number of fused-ring (bicyclic) bond motifs is 1. The number of rotatable bonds is 0. The van der Waals surface area contributed by atoms with Crippen LogP contribution < -0.4 is 0 Å². The van der Waals surface area contributed by atoms with Gasteiger partial charge >= 0.3 is 0 Å². The molecule has 2 saturated heterocycles. The zero-order valence-corrected chi connectivity index (χ0v) is 7.17. The van der Waals surface area contributed by atoms with Crippen molar-refractivity contribution in [3.8, 4) is 0 Å². The monoisotopic (exact) mass is 191 g/mol.